The van der Waals surface area contributed by atoms with Gasteiger partial charge < -0.3 is 10.1 Å². The fourth-order valence-corrected chi connectivity index (χ4v) is 2.74. The standard InChI is InChI=1S/C15H20ClNO2/c1-11(2)17-14(18)15(6-8-19-9-7-15)12-4-3-5-13(16)10-12/h3-5,10-11H,6-9H2,1-2H3,(H,17,18). The average molecular weight is 282 g/mol. The maximum Gasteiger partial charge on any atom is 0.231 e. The molecular weight excluding hydrogens is 262 g/mol. The third-order valence-corrected chi connectivity index (χ3v) is 3.81. The highest BCUT2D eigenvalue weighted by Gasteiger charge is 2.41. The van der Waals surface area contributed by atoms with Crippen molar-refractivity contribution in [1.82, 2.24) is 5.32 Å². The second-order valence-electron chi connectivity index (χ2n) is 5.33. The van der Waals surface area contributed by atoms with Gasteiger partial charge in [-0.05, 0) is 44.4 Å². The average Bonchev–Trinajstić information content (AvgIpc) is 2.38. The summed E-state index contributed by atoms with van der Waals surface area (Å²) in [6.07, 6.45) is 1.40. The van der Waals surface area contributed by atoms with Gasteiger partial charge in [-0.15, -0.1) is 0 Å². The van der Waals surface area contributed by atoms with Crippen molar-refractivity contribution in [3.63, 3.8) is 0 Å². The van der Waals surface area contributed by atoms with Crippen LogP contribution in [0.2, 0.25) is 5.02 Å². The van der Waals surface area contributed by atoms with Crippen molar-refractivity contribution in [2.75, 3.05) is 13.2 Å². The highest BCUT2D eigenvalue weighted by atomic mass is 35.5. The molecule has 1 heterocycles. The molecule has 0 aromatic heterocycles. The lowest BCUT2D eigenvalue weighted by atomic mass is 9.73. The van der Waals surface area contributed by atoms with Crippen molar-refractivity contribution in [2.24, 2.45) is 0 Å². The van der Waals surface area contributed by atoms with Gasteiger partial charge in [0.2, 0.25) is 5.91 Å². The highest BCUT2D eigenvalue weighted by molar-refractivity contribution is 6.30. The maximum atomic E-state index is 12.6. The van der Waals surface area contributed by atoms with Gasteiger partial charge in [0.15, 0.2) is 0 Å². The van der Waals surface area contributed by atoms with Crippen LogP contribution in [-0.2, 0) is 14.9 Å². The molecule has 4 heteroatoms. The van der Waals surface area contributed by atoms with Crippen molar-refractivity contribution in [1.29, 1.82) is 0 Å². The Bertz CT molecular complexity index is 453. The van der Waals surface area contributed by atoms with E-state index in [9.17, 15) is 4.79 Å². The Hall–Kier alpha value is -1.06. The predicted octanol–water partition coefficient (Wildman–Crippen LogP) is 2.91. The van der Waals surface area contributed by atoms with Gasteiger partial charge in [0.1, 0.15) is 0 Å². The van der Waals surface area contributed by atoms with Gasteiger partial charge in [-0.2, -0.15) is 0 Å². The Balaban J connectivity index is 2.36. The number of hydrogen-bond donors (Lipinski definition) is 1. The zero-order valence-electron chi connectivity index (χ0n) is 11.4. The molecule has 0 radical (unpaired) electrons. The Morgan fingerprint density at radius 3 is 2.63 bits per heavy atom. The fourth-order valence-electron chi connectivity index (χ4n) is 2.55. The predicted molar refractivity (Wildman–Crippen MR) is 76.5 cm³/mol. The first-order valence-electron chi connectivity index (χ1n) is 6.69. The van der Waals surface area contributed by atoms with Crippen LogP contribution in [0.1, 0.15) is 32.3 Å². The zero-order valence-corrected chi connectivity index (χ0v) is 12.2. The summed E-state index contributed by atoms with van der Waals surface area (Å²) >= 11 is 6.07. The van der Waals surface area contributed by atoms with E-state index in [1.807, 2.05) is 38.1 Å². The fraction of sp³-hybridized carbons (Fsp3) is 0.533. The summed E-state index contributed by atoms with van der Waals surface area (Å²) in [5.74, 6) is 0.0769. The Kier molecular flexibility index (Phi) is 4.48. The second kappa shape index (κ2) is 5.93. The lowest BCUT2D eigenvalue weighted by molar-refractivity contribution is -0.131. The molecule has 1 aliphatic rings. The monoisotopic (exact) mass is 281 g/mol. The molecule has 19 heavy (non-hydrogen) atoms. The number of halogens is 1. The molecule has 3 nitrogen and oxygen atoms in total. The summed E-state index contributed by atoms with van der Waals surface area (Å²) in [6, 6.07) is 7.74. The van der Waals surface area contributed by atoms with E-state index in [1.165, 1.54) is 0 Å². The molecule has 1 saturated heterocycles. The SMILES string of the molecule is CC(C)NC(=O)C1(c2cccc(Cl)c2)CCOCC1. The summed E-state index contributed by atoms with van der Waals surface area (Å²) in [5.41, 5.74) is 0.481. The number of carbonyl (C=O) groups excluding carboxylic acids is 1. The molecule has 1 aromatic rings. The minimum absolute atomic E-state index is 0.0769. The number of rotatable bonds is 3. The van der Waals surface area contributed by atoms with Crippen molar-refractivity contribution >= 4 is 17.5 Å². The number of nitrogens with one attached hydrogen (secondary N) is 1. The Morgan fingerprint density at radius 1 is 1.37 bits per heavy atom. The van der Waals surface area contributed by atoms with Crippen LogP contribution < -0.4 is 5.32 Å². The number of hydrogen-bond acceptors (Lipinski definition) is 2. The normalized spacial score (nSPS) is 18.3. The summed E-state index contributed by atoms with van der Waals surface area (Å²) in [7, 11) is 0. The molecule has 1 N–H and O–H groups in total. The number of benzene rings is 1. The van der Waals surface area contributed by atoms with E-state index in [2.05, 4.69) is 5.32 Å². The molecule has 0 bridgehead atoms. The summed E-state index contributed by atoms with van der Waals surface area (Å²) in [5, 5.41) is 3.70. The van der Waals surface area contributed by atoms with Crippen LogP contribution in [0.5, 0.6) is 0 Å². The van der Waals surface area contributed by atoms with Crippen LogP contribution in [0.4, 0.5) is 0 Å². The lowest BCUT2D eigenvalue weighted by Gasteiger charge is -2.37. The molecule has 1 amide bonds. The molecule has 0 saturated carbocycles. The van der Waals surface area contributed by atoms with Crippen LogP contribution in [0.25, 0.3) is 0 Å². The molecule has 0 spiro atoms. The largest absolute Gasteiger partial charge is 0.381 e. The Labute approximate surface area is 119 Å². The van der Waals surface area contributed by atoms with Crippen molar-refractivity contribution in [3.8, 4) is 0 Å². The minimum atomic E-state index is -0.507. The lowest BCUT2D eigenvalue weighted by Crippen LogP contribution is -2.49. The molecular formula is C15H20ClNO2. The van der Waals surface area contributed by atoms with Gasteiger partial charge in [0, 0.05) is 24.3 Å². The van der Waals surface area contributed by atoms with E-state index in [0.29, 0.717) is 31.1 Å². The molecule has 1 aliphatic heterocycles. The van der Waals surface area contributed by atoms with E-state index in [1.54, 1.807) is 0 Å². The third-order valence-electron chi connectivity index (χ3n) is 3.58. The van der Waals surface area contributed by atoms with E-state index >= 15 is 0 Å². The van der Waals surface area contributed by atoms with Crippen LogP contribution in [-0.4, -0.2) is 25.2 Å². The Morgan fingerprint density at radius 2 is 2.05 bits per heavy atom. The summed E-state index contributed by atoms with van der Waals surface area (Å²) in [4.78, 5) is 12.6. The van der Waals surface area contributed by atoms with E-state index in [-0.39, 0.29) is 11.9 Å². The number of amides is 1. The number of carbonyl (C=O) groups is 1. The van der Waals surface area contributed by atoms with Gasteiger partial charge in [0.25, 0.3) is 0 Å². The quantitative estimate of drug-likeness (QED) is 0.925. The van der Waals surface area contributed by atoms with Crippen molar-refractivity contribution < 1.29 is 9.53 Å². The molecule has 1 aromatic carbocycles. The molecule has 104 valence electrons. The molecule has 0 aliphatic carbocycles. The smallest absolute Gasteiger partial charge is 0.231 e. The van der Waals surface area contributed by atoms with Gasteiger partial charge >= 0.3 is 0 Å². The number of ether oxygens (including phenoxy) is 1. The van der Waals surface area contributed by atoms with Crippen LogP contribution in [0.3, 0.4) is 0 Å². The van der Waals surface area contributed by atoms with E-state index < -0.39 is 5.41 Å². The van der Waals surface area contributed by atoms with Crippen LogP contribution in [0, 0.1) is 0 Å². The molecule has 1 fully saturated rings. The first-order valence-corrected chi connectivity index (χ1v) is 7.07. The highest BCUT2D eigenvalue weighted by Crippen LogP contribution is 2.36. The topological polar surface area (TPSA) is 38.3 Å². The summed E-state index contributed by atoms with van der Waals surface area (Å²) in [6.45, 7) is 5.17. The van der Waals surface area contributed by atoms with Gasteiger partial charge in [0.05, 0.1) is 5.41 Å². The van der Waals surface area contributed by atoms with Crippen LogP contribution in [0.15, 0.2) is 24.3 Å². The second-order valence-corrected chi connectivity index (χ2v) is 5.77. The minimum Gasteiger partial charge on any atom is -0.381 e. The van der Waals surface area contributed by atoms with Crippen molar-refractivity contribution in [2.45, 2.75) is 38.1 Å². The van der Waals surface area contributed by atoms with Gasteiger partial charge in [-0.1, -0.05) is 23.7 Å². The maximum absolute atomic E-state index is 12.6. The van der Waals surface area contributed by atoms with E-state index in [0.717, 1.165) is 5.56 Å². The van der Waals surface area contributed by atoms with Crippen molar-refractivity contribution in [3.05, 3.63) is 34.9 Å². The summed E-state index contributed by atoms with van der Waals surface area (Å²) < 4.78 is 5.42. The first kappa shape index (κ1) is 14.4. The van der Waals surface area contributed by atoms with Gasteiger partial charge in [-0.3, -0.25) is 4.79 Å². The van der Waals surface area contributed by atoms with Crippen LogP contribution >= 0.6 is 11.6 Å². The molecule has 0 atom stereocenters. The molecule has 0 unspecified atom stereocenters. The van der Waals surface area contributed by atoms with Gasteiger partial charge in [-0.25, -0.2) is 0 Å². The van der Waals surface area contributed by atoms with E-state index in [4.69, 9.17) is 16.3 Å². The third kappa shape index (κ3) is 3.10. The first-order chi connectivity index (χ1) is 9.04. The molecule has 2 rings (SSSR count). The zero-order chi connectivity index (χ0) is 13.9.